The van der Waals surface area contributed by atoms with Crippen LogP contribution >= 0.6 is 0 Å². The van der Waals surface area contributed by atoms with Gasteiger partial charge in [0.2, 0.25) is 5.91 Å². The SMILES string of the molecule is CC(NC(=O)[C@@H](N)C(C)(C)C)c1ccc(C(C)(C)C)cc1. The highest BCUT2D eigenvalue weighted by Gasteiger charge is 2.28. The maximum Gasteiger partial charge on any atom is 0.237 e. The predicted octanol–water partition coefficient (Wildman–Crippen LogP) is 3.53. The Morgan fingerprint density at radius 1 is 1.05 bits per heavy atom. The van der Waals surface area contributed by atoms with Crippen LogP contribution in [0.5, 0.6) is 0 Å². The van der Waals surface area contributed by atoms with Crippen molar-refractivity contribution in [1.29, 1.82) is 0 Å². The van der Waals surface area contributed by atoms with Crippen LogP contribution in [0.4, 0.5) is 0 Å². The van der Waals surface area contributed by atoms with Crippen LogP contribution in [0.1, 0.15) is 65.6 Å². The minimum absolute atomic E-state index is 0.0417. The zero-order valence-corrected chi connectivity index (χ0v) is 14.4. The lowest BCUT2D eigenvalue weighted by Gasteiger charge is -2.27. The smallest absolute Gasteiger partial charge is 0.237 e. The average Bonchev–Trinajstić information content (AvgIpc) is 2.35. The van der Waals surface area contributed by atoms with Crippen LogP contribution in [-0.2, 0) is 10.2 Å². The van der Waals surface area contributed by atoms with Crippen molar-refractivity contribution in [3.8, 4) is 0 Å². The van der Waals surface area contributed by atoms with Crippen molar-refractivity contribution in [3.05, 3.63) is 35.4 Å². The molecule has 0 aliphatic rings. The van der Waals surface area contributed by atoms with E-state index in [1.807, 2.05) is 27.7 Å². The molecule has 3 N–H and O–H groups in total. The molecule has 3 heteroatoms. The monoisotopic (exact) mass is 290 g/mol. The van der Waals surface area contributed by atoms with Crippen molar-refractivity contribution in [2.24, 2.45) is 11.1 Å². The van der Waals surface area contributed by atoms with Gasteiger partial charge in [0.05, 0.1) is 12.1 Å². The molecule has 1 unspecified atom stereocenters. The number of carbonyl (C=O) groups is 1. The molecule has 1 rings (SSSR count). The van der Waals surface area contributed by atoms with Crippen LogP contribution in [0.25, 0.3) is 0 Å². The molecular formula is C18H30N2O. The normalized spacial score (nSPS) is 15.4. The summed E-state index contributed by atoms with van der Waals surface area (Å²) in [5.41, 5.74) is 8.28. The zero-order valence-electron chi connectivity index (χ0n) is 14.4. The Kier molecular flexibility index (Phi) is 5.21. The van der Waals surface area contributed by atoms with E-state index in [0.29, 0.717) is 0 Å². The second kappa shape index (κ2) is 6.18. The lowest BCUT2D eigenvalue weighted by atomic mass is 9.86. The van der Waals surface area contributed by atoms with Crippen LogP contribution in [0.2, 0.25) is 0 Å². The number of nitrogens with one attached hydrogen (secondary N) is 1. The number of hydrogen-bond donors (Lipinski definition) is 2. The second-order valence-corrected chi connectivity index (χ2v) is 7.95. The van der Waals surface area contributed by atoms with Crippen molar-refractivity contribution in [1.82, 2.24) is 5.32 Å². The van der Waals surface area contributed by atoms with Gasteiger partial charge in [-0.25, -0.2) is 0 Å². The number of rotatable bonds is 3. The maximum absolute atomic E-state index is 12.2. The molecule has 0 aliphatic carbocycles. The van der Waals surface area contributed by atoms with E-state index in [0.717, 1.165) is 5.56 Å². The third-order valence-corrected chi connectivity index (χ3v) is 3.85. The first-order valence-electron chi connectivity index (χ1n) is 7.59. The van der Waals surface area contributed by atoms with Crippen LogP contribution in [-0.4, -0.2) is 11.9 Å². The van der Waals surface area contributed by atoms with Crippen LogP contribution in [0, 0.1) is 5.41 Å². The summed E-state index contributed by atoms with van der Waals surface area (Å²) in [6.07, 6.45) is 0. The van der Waals surface area contributed by atoms with E-state index < -0.39 is 6.04 Å². The number of nitrogens with two attached hydrogens (primary N) is 1. The number of hydrogen-bond acceptors (Lipinski definition) is 2. The summed E-state index contributed by atoms with van der Waals surface area (Å²) >= 11 is 0. The number of amides is 1. The van der Waals surface area contributed by atoms with E-state index >= 15 is 0 Å². The van der Waals surface area contributed by atoms with Crippen molar-refractivity contribution in [2.45, 2.75) is 66.0 Å². The summed E-state index contributed by atoms with van der Waals surface area (Å²) in [6.45, 7) is 14.5. The fourth-order valence-electron chi connectivity index (χ4n) is 2.05. The Bertz CT molecular complexity index is 477. The lowest BCUT2D eigenvalue weighted by Crippen LogP contribution is -2.49. The summed E-state index contributed by atoms with van der Waals surface area (Å²) in [7, 11) is 0. The fraction of sp³-hybridized carbons (Fsp3) is 0.611. The molecule has 0 aliphatic heterocycles. The Hall–Kier alpha value is -1.35. The van der Waals surface area contributed by atoms with Crippen molar-refractivity contribution in [3.63, 3.8) is 0 Å². The minimum Gasteiger partial charge on any atom is -0.348 e. The standard InChI is InChI=1S/C18H30N2O/c1-12(20-16(21)15(19)18(5,6)7)13-8-10-14(11-9-13)17(2,3)4/h8-12,15H,19H2,1-7H3,(H,20,21)/t12?,15-/m1/s1. The Morgan fingerprint density at radius 2 is 1.52 bits per heavy atom. The van der Waals surface area contributed by atoms with Gasteiger partial charge >= 0.3 is 0 Å². The van der Waals surface area contributed by atoms with Gasteiger partial charge in [-0.3, -0.25) is 4.79 Å². The average molecular weight is 290 g/mol. The highest BCUT2D eigenvalue weighted by atomic mass is 16.2. The van der Waals surface area contributed by atoms with E-state index in [9.17, 15) is 4.79 Å². The molecule has 21 heavy (non-hydrogen) atoms. The van der Waals surface area contributed by atoms with Gasteiger partial charge in [0.15, 0.2) is 0 Å². The first kappa shape index (κ1) is 17.7. The van der Waals surface area contributed by atoms with Crippen molar-refractivity contribution >= 4 is 5.91 Å². The zero-order chi connectivity index (χ0) is 16.4. The van der Waals surface area contributed by atoms with Crippen molar-refractivity contribution < 1.29 is 4.79 Å². The molecule has 0 saturated heterocycles. The molecule has 0 bridgehead atoms. The molecule has 2 atom stereocenters. The molecule has 0 heterocycles. The molecule has 118 valence electrons. The molecule has 0 saturated carbocycles. The van der Waals surface area contributed by atoms with Crippen molar-refractivity contribution in [2.75, 3.05) is 0 Å². The molecular weight excluding hydrogens is 260 g/mol. The summed E-state index contributed by atoms with van der Waals surface area (Å²) in [5, 5.41) is 3.00. The molecule has 0 spiro atoms. The van der Waals surface area contributed by atoms with Gasteiger partial charge in [0.25, 0.3) is 0 Å². The van der Waals surface area contributed by atoms with E-state index in [4.69, 9.17) is 5.73 Å². The highest BCUT2D eigenvalue weighted by molar-refractivity contribution is 5.82. The van der Waals surface area contributed by atoms with Gasteiger partial charge in [-0.15, -0.1) is 0 Å². The summed E-state index contributed by atoms with van der Waals surface area (Å²) in [4.78, 5) is 12.2. The number of carbonyl (C=O) groups excluding carboxylic acids is 1. The first-order chi connectivity index (χ1) is 9.43. The third kappa shape index (κ3) is 4.85. The van der Waals surface area contributed by atoms with Gasteiger partial charge in [-0.2, -0.15) is 0 Å². The summed E-state index contributed by atoms with van der Waals surface area (Å²) < 4.78 is 0. The topological polar surface area (TPSA) is 55.1 Å². The summed E-state index contributed by atoms with van der Waals surface area (Å²) in [6, 6.07) is 7.86. The molecule has 3 nitrogen and oxygen atoms in total. The molecule has 1 aromatic carbocycles. The molecule has 0 fully saturated rings. The molecule has 1 amide bonds. The highest BCUT2D eigenvalue weighted by Crippen LogP contribution is 2.24. The Labute approximate surface area is 129 Å². The molecule has 0 radical (unpaired) electrons. The first-order valence-corrected chi connectivity index (χ1v) is 7.59. The van der Waals surface area contributed by atoms with Crippen LogP contribution < -0.4 is 11.1 Å². The third-order valence-electron chi connectivity index (χ3n) is 3.85. The quantitative estimate of drug-likeness (QED) is 0.894. The number of benzene rings is 1. The van der Waals surface area contributed by atoms with E-state index in [-0.39, 0.29) is 22.8 Å². The molecule has 0 aromatic heterocycles. The fourth-order valence-corrected chi connectivity index (χ4v) is 2.05. The Morgan fingerprint density at radius 3 is 1.90 bits per heavy atom. The predicted molar refractivity (Wildman–Crippen MR) is 89.1 cm³/mol. The van der Waals surface area contributed by atoms with Gasteiger partial charge in [0, 0.05) is 0 Å². The second-order valence-electron chi connectivity index (χ2n) is 7.95. The van der Waals surface area contributed by atoms with Gasteiger partial charge in [-0.05, 0) is 28.9 Å². The van der Waals surface area contributed by atoms with Crippen LogP contribution in [0.15, 0.2) is 24.3 Å². The van der Waals surface area contributed by atoms with E-state index in [1.165, 1.54) is 5.56 Å². The van der Waals surface area contributed by atoms with Crippen LogP contribution in [0.3, 0.4) is 0 Å². The lowest BCUT2D eigenvalue weighted by molar-refractivity contribution is -0.125. The Balaban J connectivity index is 2.77. The van der Waals surface area contributed by atoms with E-state index in [1.54, 1.807) is 0 Å². The maximum atomic E-state index is 12.2. The largest absolute Gasteiger partial charge is 0.348 e. The van der Waals surface area contributed by atoms with Gasteiger partial charge in [0.1, 0.15) is 0 Å². The van der Waals surface area contributed by atoms with Gasteiger partial charge < -0.3 is 11.1 Å². The van der Waals surface area contributed by atoms with E-state index in [2.05, 4.69) is 50.4 Å². The van der Waals surface area contributed by atoms with Gasteiger partial charge in [-0.1, -0.05) is 65.8 Å². The summed E-state index contributed by atoms with van der Waals surface area (Å²) in [5.74, 6) is -0.102. The molecule has 1 aromatic rings. The minimum atomic E-state index is -0.506.